The fourth-order valence-electron chi connectivity index (χ4n) is 5.61. The second kappa shape index (κ2) is 8.41. The number of nitrogens with one attached hydrogen (secondary N) is 1. The van der Waals surface area contributed by atoms with Gasteiger partial charge in [-0.2, -0.15) is 5.10 Å². The maximum Gasteiger partial charge on any atom is 0.201 e. The van der Waals surface area contributed by atoms with Crippen LogP contribution in [0.1, 0.15) is 50.7 Å². The molecule has 3 aliphatic carbocycles. The molecule has 0 radical (unpaired) electrons. The molecule has 0 saturated heterocycles. The molecule has 3 aliphatic rings. The van der Waals surface area contributed by atoms with Gasteiger partial charge in [-0.05, 0) is 62.3 Å². The smallest absolute Gasteiger partial charge is 0.201 e. The lowest BCUT2D eigenvalue weighted by Gasteiger charge is -2.58. The van der Waals surface area contributed by atoms with Crippen molar-refractivity contribution in [3.05, 3.63) is 70.8 Å². The Morgan fingerprint density at radius 3 is 2.75 bits per heavy atom. The van der Waals surface area contributed by atoms with Crippen LogP contribution in [0.2, 0.25) is 0 Å². The van der Waals surface area contributed by atoms with E-state index >= 15 is 0 Å². The normalized spacial score (nSPS) is 24.1. The van der Waals surface area contributed by atoms with Crippen LogP contribution in [-0.2, 0) is 11.8 Å². The van der Waals surface area contributed by atoms with Crippen molar-refractivity contribution in [2.75, 3.05) is 5.73 Å². The highest BCUT2D eigenvalue weighted by molar-refractivity contribution is 5.75. The Kier molecular flexibility index (Phi) is 5.59. The average Bonchev–Trinajstić information content (AvgIpc) is 3.26. The Morgan fingerprint density at radius 1 is 1.28 bits per heavy atom. The first-order chi connectivity index (χ1) is 17.0. The Bertz CT molecular complexity index is 1370. The first kappa shape index (κ1) is 23.9. The van der Waals surface area contributed by atoms with Crippen molar-refractivity contribution in [1.82, 2.24) is 25.1 Å². The minimum Gasteiger partial charge on any atom is -0.401 e. The Balaban J connectivity index is 1.52. The van der Waals surface area contributed by atoms with E-state index < -0.39 is 16.8 Å². The molecule has 6 rings (SSSR count). The number of nitrogen functional groups attached to an aromatic ring is 1. The van der Waals surface area contributed by atoms with Gasteiger partial charge in [0, 0.05) is 29.7 Å². The number of allylic oxidation sites excluding steroid dienone is 3. The molecule has 10 heteroatoms. The second-order valence-corrected chi connectivity index (χ2v) is 10.6. The number of H-pyrrole nitrogens is 1. The van der Waals surface area contributed by atoms with Gasteiger partial charge in [-0.3, -0.25) is 10.1 Å². The summed E-state index contributed by atoms with van der Waals surface area (Å²) in [5.74, 6) is 1.13. The second-order valence-electron chi connectivity index (χ2n) is 10.6. The molecule has 0 aliphatic heterocycles. The van der Waals surface area contributed by atoms with Crippen LogP contribution in [0.25, 0.3) is 17.2 Å². The molecule has 2 aromatic heterocycles. The minimum absolute atomic E-state index is 0.187. The molecule has 3 aromatic rings. The molecule has 2 heterocycles. The van der Waals surface area contributed by atoms with E-state index in [-0.39, 0.29) is 22.9 Å². The number of rotatable bonds is 6. The molecule has 8 N–H and O–H groups in total. The van der Waals surface area contributed by atoms with Crippen LogP contribution < -0.4 is 17.2 Å². The van der Waals surface area contributed by atoms with Gasteiger partial charge in [-0.15, -0.1) is 0 Å². The highest BCUT2D eigenvalue weighted by Gasteiger charge is 2.58. The predicted molar refractivity (Wildman–Crippen MR) is 135 cm³/mol. The summed E-state index contributed by atoms with van der Waals surface area (Å²) in [6.07, 6.45) is 7.01. The van der Waals surface area contributed by atoms with Crippen molar-refractivity contribution >= 4 is 11.4 Å². The van der Waals surface area contributed by atoms with Crippen LogP contribution >= 0.6 is 0 Å². The number of hydrogen-bond donors (Lipinski definition) is 5. The maximum absolute atomic E-state index is 14.4. The van der Waals surface area contributed by atoms with Gasteiger partial charge in [0.1, 0.15) is 17.3 Å². The molecule has 1 saturated carbocycles. The highest BCUT2D eigenvalue weighted by atomic mass is 19.1. The first-order valence-electron chi connectivity index (χ1n) is 12.0. The third-order valence-electron chi connectivity index (χ3n) is 7.49. The zero-order chi connectivity index (χ0) is 25.8. The Hall–Kier alpha value is -3.79. The van der Waals surface area contributed by atoms with E-state index in [2.05, 4.69) is 27.1 Å². The number of fused-ring (bicyclic) bond motifs is 1. The van der Waals surface area contributed by atoms with Crippen LogP contribution in [-0.4, -0.2) is 35.9 Å². The molecule has 3 atom stereocenters. The molecule has 0 spiro atoms. The number of benzene rings is 1. The summed E-state index contributed by atoms with van der Waals surface area (Å²) in [6.45, 7) is 5.59. The van der Waals surface area contributed by atoms with Gasteiger partial charge in [0.25, 0.3) is 0 Å². The number of nitrogens with zero attached hydrogens (tertiary/aromatic N) is 4. The fourth-order valence-corrected chi connectivity index (χ4v) is 5.61. The van der Waals surface area contributed by atoms with Gasteiger partial charge in [-0.1, -0.05) is 13.0 Å². The van der Waals surface area contributed by atoms with E-state index in [1.54, 1.807) is 44.4 Å². The SMILES string of the molecule is CC1C2CC(/C=C(\N)c3c(N)cccc3F)=C(N)[C@@]1(c1cncc(-c3n[nH]c(CC(C)(C)O)n3)n1)C2. The number of aromatic amines is 1. The van der Waals surface area contributed by atoms with Gasteiger partial charge in [0.2, 0.25) is 5.82 Å². The molecule has 1 aromatic carbocycles. The molecule has 2 bridgehead atoms. The monoisotopic (exact) mass is 490 g/mol. The van der Waals surface area contributed by atoms with E-state index in [0.717, 1.165) is 24.1 Å². The maximum atomic E-state index is 14.4. The summed E-state index contributed by atoms with van der Waals surface area (Å²) >= 11 is 0. The number of aliphatic hydroxyl groups is 1. The summed E-state index contributed by atoms with van der Waals surface area (Å²) in [6, 6.07) is 4.51. The third-order valence-corrected chi connectivity index (χ3v) is 7.49. The van der Waals surface area contributed by atoms with Gasteiger partial charge in [-0.25, -0.2) is 14.4 Å². The van der Waals surface area contributed by atoms with E-state index in [0.29, 0.717) is 35.4 Å². The third kappa shape index (κ3) is 3.91. The molecule has 1 fully saturated rings. The van der Waals surface area contributed by atoms with E-state index in [1.807, 2.05) is 0 Å². The summed E-state index contributed by atoms with van der Waals surface area (Å²) in [5.41, 5.74) is 21.2. The number of nitrogens with two attached hydrogens (primary N) is 3. The van der Waals surface area contributed by atoms with Crippen molar-refractivity contribution in [3.8, 4) is 11.5 Å². The van der Waals surface area contributed by atoms with E-state index in [1.165, 1.54) is 6.07 Å². The van der Waals surface area contributed by atoms with Gasteiger partial charge >= 0.3 is 0 Å². The predicted octanol–water partition coefficient (Wildman–Crippen LogP) is 2.81. The quantitative estimate of drug-likeness (QED) is 0.329. The average molecular weight is 491 g/mol. The summed E-state index contributed by atoms with van der Waals surface area (Å²) in [5, 5.41) is 17.2. The lowest BCUT2D eigenvalue weighted by Crippen LogP contribution is -2.57. The summed E-state index contributed by atoms with van der Waals surface area (Å²) < 4.78 is 14.4. The van der Waals surface area contributed by atoms with Crippen molar-refractivity contribution in [1.29, 1.82) is 0 Å². The number of halogens is 1. The lowest BCUT2D eigenvalue weighted by molar-refractivity contribution is 0.0528. The summed E-state index contributed by atoms with van der Waals surface area (Å²) in [7, 11) is 0. The van der Waals surface area contributed by atoms with Crippen LogP contribution in [0.4, 0.5) is 10.1 Å². The van der Waals surface area contributed by atoms with Crippen LogP contribution in [0.3, 0.4) is 0 Å². The zero-order valence-electron chi connectivity index (χ0n) is 20.6. The van der Waals surface area contributed by atoms with Crippen molar-refractivity contribution in [3.63, 3.8) is 0 Å². The number of aromatic nitrogens is 5. The van der Waals surface area contributed by atoms with E-state index in [9.17, 15) is 9.50 Å². The number of anilines is 1. The van der Waals surface area contributed by atoms with Gasteiger partial charge < -0.3 is 22.3 Å². The fraction of sp³-hybridized carbons (Fsp3) is 0.385. The molecule has 36 heavy (non-hydrogen) atoms. The number of hydrogen-bond acceptors (Lipinski definition) is 8. The molecule has 2 unspecified atom stereocenters. The van der Waals surface area contributed by atoms with Crippen LogP contribution in [0.15, 0.2) is 47.9 Å². The van der Waals surface area contributed by atoms with Gasteiger partial charge in [0.15, 0.2) is 0 Å². The minimum atomic E-state index is -0.917. The Labute approximate surface area is 208 Å². The molecule has 188 valence electrons. The van der Waals surface area contributed by atoms with Crippen molar-refractivity contribution in [2.24, 2.45) is 23.3 Å². The molecule has 0 amide bonds. The highest BCUT2D eigenvalue weighted by Crippen LogP contribution is 2.61. The lowest BCUT2D eigenvalue weighted by atomic mass is 9.46. The molecular formula is C26H31FN8O. The molecular weight excluding hydrogens is 459 g/mol. The summed E-state index contributed by atoms with van der Waals surface area (Å²) in [4.78, 5) is 13.8. The van der Waals surface area contributed by atoms with Gasteiger partial charge in [0.05, 0.1) is 28.5 Å². The topological polar surface area (TPSA) is 166 Å². The zero-order valence-corrected chi connectivity index (χ0v) is 20.6. The first-order valence-corrected chi connectivity index (χ1v) is 12.0. The van der Waals surface area contributed by atoms with Crippen LogP contribution in [0.5, 0.6) is 0 Å². The largest absolute Gasteiger partial charge is 0.401 e. The van der Waals surface area contributed by atoms with Crippen molar-refractivity contribution in [2.45, 2.75) is 51.0 Å². The van der Waals surface area contributed by atoms with Crippen LogP contribution in [0, 0.1) is 17.7 Å². The van der Waals surface area contributed by atoms with E-state index in [4.69, 9.17) is 22.2 Å². The molecule has 9 nitrogen and oxygen atoms in total. The standard InChI is InChI=1S/C26H31FN8O/c1-13-15-7-14(8-18(29)22-16(27)5-4-6-17(22)28)23(30)26(13,9-15)20-12-31-11-19(32-20)24-33-21(34-35-24)10-25(2,3)36/h4-6,8,11-13,15,36H,7,9-10,28-30H2,1-3H3,(H,33,34,35)/b18-8-/t13?,15?,26-/m0/s1. The Morgan fingerprint density at radius 2 is 2.06 bits per heavy atom. The van der Waals surface area contributed by atoms with Crippen molar-refractivity contribution < 1.29 is 9.50 Å².